The standard InChI is InChI=1S/C5H9FN2OS/c6-1-3-9-8-2-4-10-5(8)7/h7H,1-4H2. The van der Waals surface area contributed by atoms with Crippen LogP contribution in [0.25, 0.3) is 0 Å². The van der Waals surface area contributed by atoms with Gasteiger partial charge in [-0.1, -0.05) is 11.8 Å². The van der Waals surface area contributed by atoms with Gasteiger partial charge in [-0.3, -0.25) is 10.2 Å². The molecular weight excluding hydrogens is 155 g/mol. The predicted octanol–water partition coefficient (Wildman–Crippen LogP) is 0.871. The van der Waals surface area contributed by atoms with Crippen molar-refractivity contribution in [3.63, 3.8) is 0 Å². The maximum atomic E-state index is 11.5. The van der Waals surface area contributed by atoms with Gasteiger partial charge in [0.1, 0.15) is 13.3 Å². The number of amidine groups is 1. The van der Waals surface area contributed by atoms with Gasteiger partial charge in [-0.25, -0.2) is 9.45 Å². The van der Waals surface area contributed by atoms with Crippen LogP contribution in [0.15, 0.2) is 0 Å². The fraction of sp³-hybridized carbons (Fsp3) is 0.800. The number of nitrogens with zero attached hydrogens (tertiary/aromatic N) is 1. The van der Waals surface area contributed by atoms with Crippen LogP contribution in [0.3, 0.4) is 0 Å². The van der Waals surface area contributed by atoms with E-state index >= 15 is 0 Å². The third kappa shape index (κ3) is 1.85. The number of nitrogens with one attached hydrogen (secondary N) is 1. The van der Waals surface area contributed by atoms with Crippen molar-refractivity contribution in [1.29, 1.82) is 5.41 Å². The Morgan fingerprint density at radius 1 is 1.80 bits per heavy atom. The summed E-state index contributed by atoms with van der Waals surface area (Å²) in [5.41, 5.74) is 0. The monoisotopic (exact) mass is 164 g/mol. The van der Waals surface area contributed by atoms with E-state index in [1.54, 1.807) is 0 Å². The van der Waals surface area contributed by atoms with Crippen LogP contribution in [0, 0.1) is 5.41 Å². The molecule has 1 rings (SSSR count). The van der Waals surface area contributed by atoms with Gasteiger partial charge in [-0.2, -0.15) is 0 Å². The number of thioether (sulfide) groups is 1. The molecule has 1 aliphatic heterocycles. The highest BCUT2D eigenvalue weighted by molar-refractivity contribution is 8.14. The van der Waals surface area contributed by atoms with Crippen LogP contribution in [0.1, 0.15) is 0 Å². The van der Waals surface area contributed by atoms with Crippen molar-refractivity contribution in [3.8, 4) is 0 Å². The average Bonchev–Trinajstić information content (AvgIpc) is 2.31. The molecule has 0 atom stereocenters. The molecule has 0 aromatic heterocycles. The summed E-state index contributed by atoms with van der Waals surface area (Å²) < 4.78 is 11.5. The highest BCUT2D eigenvalue weighted by Crippen LogP contribution is 2.15. The number of rotatable bonds is 3. The normalized spacial score (nSPS) is 18.5. The maximum Gasteiger partial charge on any atom is 0.180 e. The van der Waals surface area contributed by atoms with E-state index < -0.39 is 6.67 Å². The summed E-state index contributed by atoms with van der Waals surface area (Å²) in [5, 5.41) is 9.03. The zero-order valence-corrected chi connectivity index (χ0v) is 6.29. The second kappa shape index (κ2) is 3.78. The summed E-state index contributed by atoms with van der Waals surface area (Å²) in [6, 6.07) is 0. The zero-order valence-electron chi connectivity index (χ0n) is 5.47. The molecule has 0 spiro atoms. The number of hydroxylamine groups is 2. The molecule has 0 unspecified atom stereocenters. The molecule has 1 saturated heterocycles. The van der Waals surface area contributed by atoms with E-state index in [1.165, 1.54) is 16.8 Å². The molecule has 0 aromatic rings. The van der Waals surface area contributed by atoms with Crippen molar-refractivity contribution >= 4 is 16.9 Å². The van der Waals surface area contributed by atoms with Gasteiger partial charge in [-0.05, 0) is 0 Å². The SMILES string of the molecule is N=C1SCCN1OCCF. The molecule has 0 radical (unpaired) electrons. The predicted molar refractivity (Wildman–Crippen MR) is 38.8 cm³/mol. The van der Waals surface area contributed by atoms with Crippen LogP contribution in [-0.2, 0) is 4.84 Å². The van der Waals surface area contributed by atoms with E-state index in [1.807, 2.05) is 0 Å². The van der Waals surface area contributed by atoms with E-state index in [2.05, 4.69) is 0 Å². The van der Waals surface area contributed by atoms with Crippen molar-refractivity contribution in [3.05, 3.63) is 0 Å². The number of halogens is 1. The Balaban J connectivity index is 2.20. The minimum absolute atomic E-state index is 0.0585. The van der Waals surface area contributed by atoms with Crippen LogP contribution < -0.4 is 0 Å². The lowest BCUT2D eigenvalue weighted by molar-refractivity contribution is -0.0939. The van der Waals surface area contributed by atoms with E-state index in [0.29, 0.717) is 11.7 Å². The lowest BCUT2D eigenvalue weighted by Gasteiger charge is -2.14. The van der Waals surface area contributed by atoms with Gasteiger partial charge in [0.15, 0.2) is 5.17 Å². The molecule has 0 aromatic carbocycles. The highest BCUT2D eigenvalue weighted by Gasteiger charge is 2.17. The minimum atomic E-state index is -0.492. The Hall–Kier alpha value is -0.290. The fourth-order valence-electron chi connectivity index (χ4n) is 0.667. The smallest absolute Gasteiger partial charge is 0.180 e. The summed E-state index contributed by atoms with van der Waals surface area (Å²) in [5.74, 6) is 0.866. The number of hydrogen-bond acceptors (Lipinski definition) is 3. The Bertz CT molecular complexity index is 133. The van der Waals surface area contributed by atoms with Crippen LogP contribution in [0.4, 0.5) is 4.39 Å². The first-order valence-corrected chi connectivity index (χ1v) is 4.01. The molecule has 1 N–H and O–H groups in total. The summed E-state index contributed by atoms with van der Waals surface area (Å²) in [6.07, 6.45) is 0. The fourth-order valence-corrected chi connectivity index (χ4v) is 1.41. The van der Waals surface area contributed by atoms with Gasteiger partial charge >= 0.3 is 0 Å². The van der Waals surface area contributed by atoms with Crippen LogP contribution in [-0.4, -0.2) is 35.8 Å². The van der Waals surface area contributed by atoms with Crippen molar-refractivity contribution in [2.45, 2.75) is 0 Å². The Morgan fingerprint density at radius 2 is 2.60 bits per heavy atom. The molecule has 0 aliphatic carbocycles. The molecule has 5 heteroatoms. The van der Waals surface area contributed by atoms with E-state index in [4.69, 9.17) is 10.2 Å². The second-order valence-electron chi connectivity index (χ2n) is 1.78. The lowest BCUT2D eigenvalue weighted by atomic mass is 10.7. The van der Waals surface area contributed by atoms with Gasteiger partial charge in [0.25, 0.3) is 0 Å². The first-order valence-electron chi connectivity index (χ1n) is 3.02. The van der Waals surface area contributed by atoms with Gasteiger partial charge in [-0.15, -0.1) is 0 Å². The average molecular weight is 164 g/mol. The Labute approximate surface area is 63.0 Å². The molecule has 0 bridgehead atoms. The van der Waals surface area contributed by atoms with Crippen molar-refractivity contribution in [2.24, 2.45) is 0 Å². The Morgan fingerprint density at radius 3 is 3.10 bits per heavy atom. The largest absolute Gasteiger partial charge is 0.277 e. The highest BCUT2D eigenvalue weighted by atomic mass is 32.2. The van der Waals surface area contributed by atoms with Gasteiger partial charge in [0, 0.05) is 5.75 Å². The molecule has 1 aliphatic rings. The van der Waals surface area contributed by atoms with Crippen molar-refractivity contribution < 1.29 is 9.23 Å². The molecule has 1 heterocycles. The van der Waals surface area contributed by atoms with Crippen LogP contribution in [0.2, 0.25) is 0 Å². The van der Waals surface area contributed by atoms with Crippen LogP contribution >= 0.6 is 11.8 Å². The molecule has 0 amide bonds. The first-order chi connectivity index (χ1) is 4.84. The molecular formula is C5H9FN2OS. The molecule has 10 heavy (non-hydrogen) atoms. The first kappa shape index (κ1) is 7.81. The van der Waals surface area contributed by atoms with E-state index in [0.717, 1.165) is 5.75 Å². The molecule has 0 saturated carbocycles. The van der Waals surface area contributed by atoms with Gasteiger partial charge in [0.2, 0.25) is 0 Å². The van der Waals surface area contributed by atoms with Gasteiger partial charge in [0.05, 0.1) is 6.54 Å². The van der Waals surface area contributed by atoms with Crippen molar-refractivity contribution in [1.82, 2.24) is 5.06 Å². The summed E-state index contributed by atoms with van der Waals surface area (Å²) in [6.45, 7) is 0.265. The Kier molecular flexibility index (Phi) is 2.95. The molecule has 3 nitrogen and oxygen atoms in total. The molecule has 58 valence electrons. The summed E-state index contributed by atoms with van der Waals surface area (Å²) in [7, 11) is 0. The minimum Gasteiger partial charge on any atom is -0.277 e. The number of hydrogen-bond donors (Lipinski definition) is 1. The summed E-state index contributed by atoms with van der Waals surface area (Å²) >= 11 is 1.42. The quantitative estimate of drug-likeness (QED) is 0.672. The van der Waals surface area contributed by atoms with Crippen LogP contribution in [0.5, 0.6) is 0 Å². The number of alkyl halides is 1. The second-order valence-corrected chi connectivity index (χ2v) is 2.86. The maximum absolute atomic E-state index is 11.5. The van der Waals surface area contributed by atoms with Crippen molar-refractivity contribution in [2.75, 3.05) is 25.6 Å². The molecule has 1 fully saturated rings. The van der Waals surface area contributed by atoms with Gasteiger partial charge < -0.3 is 0 Å². The summed E-state index contributed by atoms with van der Waals surface area (Å²) in [4.78, 5) is 4.88. The van der Waals surface area contributed by atoms with E-state index in [9.17, 15) is 4.39 Å². The third-order valence-electron chi connectivity index (χ3n) is 1.08. The topological polar surface area (TPSA) is 36.3 Å². The lowest BCUT2D eigenvalue weighted by Crippen LogP contribution is -2.24. The van der Waals surface area contributed by atoms with E-state index in [-0.39, 0.29) is 6.61 Å². The zero-order chi connectivity index (χ0) is 7.40. The third-order valence-corrected chi connectivity index (χ3v) is 1.95.